The molecular formula is C28H31ClFN5O3S. The van der Waals surface area contributed by atoms with E-state index in [1.165, 1.54) is 28.4 Å². The smallest absolute Gasteiger partial charge is 0.317 e. The van der Waals surface area contributed by atoms with E-state index in [0.29, 0.717) is 47.3 Å². The van der Waals surface area contributed by atoms with E-state index in [2.05, 4.69) is 15.5 Å². The molecule has 0 spiro atoms. The first-order valence-corrected chi connectivity index (χ1v) is 13.9. The Morgan fingerprint density at radius 1 is 1.05 bits per heavy atom. The van der Waals surface area contributed by atoms with Crippen LogP contribution >= 0.6 is 22.9 Å². The Bertz CT molecular complexity index is 1300. The minimum Gasteiger partial charge on any atom is -0.368 e. The number of urea groups is 1. The predicted octanol–water partition coefficient (Wildman–Crippen LogP) is 5.06. The lowest BCUT2D eigenvalue weighted by molar-refractivity contribution is -0.117. The van der Waals surface area contributed by atoms with Crippen LogP contribution in [-0.2, 0) is 11.3 Å². The summed E-state index contributed by atoms with van der Waals surface area (Å²) >= 11 is 7.70. The predicted molar refractivity (Wildman–Crippen MR) is 153 cm³/mol. The lowest BCUT2D eigenvalue weighted by atomic mass is 10.2. The van der Waals surface area contributed by atoms with Crippen LogP contribution in [0, 0.1) is 5.82 Å². The Morgan fingerprint density at radius 2 is 1.77 bits per heavy atom. The molecule has 11 heteroatoms. The summed E-state index contributed by atoms with van der Waals surface area (Å²) in [6.07, 6.45) is 0. The molecule has 8 nitrogen and oxygen atoms in total. The van der Waals surface area contributed by atoms with Crippen LogP contribution in [0.4, 0.5) is 20.6 Å². The number of hydrogen-bond donors (Lipinski definition) is 2. The van der Waals surface area contributed by atoms with Crippen molar-refractivity contribution in [2.24, 2.45) is 0 Å². The van der Waals surface area contributed by atoms with Gasteiger partial charge in [-0.05, 0) is 61.2 Å². The molecule has 0 aliphatic carbocycles. The van der Waals surface area contributed by atoms with E-state index in [0.717, 1.165) is 5.69 Å². The van der Waals surface area contributed by atoms with Gasteiger partial charge in [0.2, 0.25) is 5.91 Å². The number of piperazine rings is 1. The van der Waals surface area contributed by atoms with Gasteiger partial charge in [-0.15, -0.1) is 11.3 Å². The SMILES string of the molecule is CC(C)NC(=O)N1CCN(c2ccc(Cl)c(NC(=O)CN(Cc3ccc(F)cc3)C(=O)c3cccs3)c2)CC1. The van der Waals surface area contributed by atoms with Gasteiger partial charge in [0.15, 0.2) is 0 Å². The molecule has 2 heterocycles. The highest BCUT2D eigenvalue weighted by atomic mass is 35.5. The number of hydrogen-bond acceptors (Lipinski definition) is 5. The summed E-state index contributed by atoms with van der Waals surface area (Å²) in [5, 5.41) is 7.92. The van der Waals surface area contributed by atoms with Crippen molar-refractivity contribution in [1.82, 2.24) is 15.1 Å². The Labute approximate surface area is 236 Å². The quantitative estimate of drug-likeness (QED) is 0.396. The normalized spacial score (nSPS) is 13.4. The fourth-order valence-corrected chi connectivity index (χ4v) is 5.10. The molecule has 0 bridgehead atoms. The van der Waals surface area contributed by atoms with E-state index in [1.807, 2.05) is 19.9 Å². The molecule has 2 N–H and O–H groups in total. The average Bonchev–Trinajstić information content (AvgIpc) is 3.45. The summed E-state index contributed by atoms with van der Waals surface area (Å²) in [4.78, 5) is 44.4. The molecule has 1 saturated heterocycles. The van der Waals surface area contributed by atoms with E-state index < -0.39 is 5.91 Å². The lowest BCUT2D eigenvalue weighted by Crippen LogP contribution is -2.52. The minimum atomic E-state index is -0.406. The van der Waals surface area contributed by atoms with Crippen LogP contribution in [0.2, 0.25) is 5.02 Å². The molecule has 1 aliphatic heterocycles. The molecule has 39 heavy (non-hydrogen) atoms. The second-order valence-corrected chi connectivity index (χ2v) is 10.9. The molecule has 0 unspecified atom stereocenters. The van der Waals surface area contributed by atoms with Gasteiger partial charge in [0.25, 0.3) is 5.91 Å². The Hall–Kier alpha value is -3.63. The number of anilines is 2. The number of amides is 4. The average molecular weight is 572 g/mol. The second kappa shape index (κ2) is 12.9. The summed E-state index contributed by atoms with van der Waals surface area (Å²) in [5.41, 5.74) is 2.01. The topological polar surface area (TPSA) is 85.0 Å². The molecule has 1 fully saturated rings. The highest BCUT2D eigenvalue weighted by Gasteiger charge is 2.23. The van der Waals surface area contributed by atoms with Crippen LogP contribution < -0.4 is 15.5 Å². The Kier molecular flexibility index (Phi) is 9.42. The molecule has 1 aromatic heterocycles. The minimum absolute atomic E-state index is 0.0732. The van der Waals surface area contributed by atoms with Crippen molar-refractivity contribution < 1.29 is 18.8 Å². The largest absolute Gasteiger partial charge is 0.368 e. The maximum absolute atomic E-state index is 13.4. The maximum atomic E-state index is 13.4. The maximum Gasteiger partial charge on any atom is 0.317 e. The third-order valence-electron chi connectivity index (χ3n) is 6.21. The summed E-state index contributed by atoms with van der Waals surface area (Å²) in [5.74, 6) is -1.07. The zero-order valence-corrected chi connectivity index (χ0v) is 23.4. The number of carbonyl (C=O) groups excluding carboxylic acids is 3. The van der Waals surface area contributed by atoms with E-state index in [9.17, 15) is 18.8 Å². The van der Waals surface area contributed by atoms with E-state index in [-0.39, 0.29) is 36.9 Å². The standard InChI is InChI=1S/C28H31ClFN5O3S/c1-19(2)31-28(38)34-13-11-33(12-14-34)22-9-10-23(29)24(16-22)32-26(36)18-35(27(37)25-4-3-15-39-25)17-20-5-7-21(30)8-6-20/h3-10,15-16,19H,11-14,17-18H2,1-2H3,(H,31,38)(H,32,36). The highest BCUT2D eigenvalue weighted by Crippen LogP contribution is 2.28. The van der Waals surface area contributed by atoms with E-state index in [4.69, 9.17) is 11.6 Å². The van der Waals surface area contributed by atoms with Crippen molar-refractivity contribution in [3.8, 4) is 0 Å². The monoisotopic (exact) mass is 571 g/mol. The molecule has 4 amide bonds. The third-order valence-corrected chi connectivity index (χ3v) is 7.40. The fourth-order valence-electron chi connectivity index (χ4n) is 4.24. The molecular weight excluding hydrogens is 541 g/mol. The number of thiophene rings is 1. The van der Waals surface area contributed by atoms with E-state index >= 15 is 0 Å². The van der Waals surface area contributed by atoms with Crippen molar-refractivity contribution in [1.29, 1.82) is 0 Å². The second-order valence-electron chi connectivity index (χ2n) is 9.56. The molecule has 0 radical (unpaired) electrons. The Morgan fingerprint density at radius 3 is 2.41 bits per heavy atom. The van der Waals surface area contributed by atoms with Crippen LogP contribution in [0.15, 0.2) is 60.0 Å². The first-order valence-electron chi connectivity index (χ1n) is 12.7. The molecule has 0 atom stereocenters. The number of benzene rings is 2. The fraction of sp³-hybridized carbons (Fsp3) is 0.321. The molecule has 4 rings (SSSR count). The van der Waals surface area contributed by atoms with Crippen molar-refractivity contribution >= 4 is 52.2 Å². The van der Waals surface area contributed by atoms with E-state index in [1.54, 1.807) is 46.7 Å². The number of halogens is 2. The summed E-state index contributed by atoms with van der Waals surface area (Å²) < 4.78 is 13.4. The summed E-state index contributed by atoms with van der Waals surface area (Å²) in [6, 6.07) is 14.7. The summed E-state index contributed by atoms with van der Waals surface area (Å²) in [6.45, 7) is 6.22. The third kappa shape index (κ3) is 7.70. The molecule has 206 valence electrons. The molecule has 1 aliphatic rings. The molecule has 2 aromatic carbocycles. The molecule has 3 aromatic rings. The van der Waals surface area contributed by atoms with Gasteiger partial charge < -0.3 is 25.3 Å². The van der Waals surface area contributed by atoms with Gasteiger partial charge in [-0.25, -0.2) is 9.18 Å². The van der Waals surface area contributed by atoms with Crippen LogP contribution in [0.25, 0.3) is 0 Å². The van der Waals surface area contributed by atoms with Gasteiger partial charge >= 0.3 is 6.03 Å². The number of rotatable bonds is 8. The number of nitrogens with zero attached hydrogens (tertiary/aromatic N) is 3. The van der Waals surface area contributed by atoms with Gasteiger partial charge in [-0.3, -0.25) is 9.59 Å². The van der Waals surface area contributed by atoms with Gasteiger partial charge in [0.05, 0.1) is 15.6 Å². The Balaban J connectivity index is 1.42. The van der Waals surface area contributed by atoms with Crippen LogP contribution in [0.1, 0.15) is 29.1 Å². The molecule has 0 saturated carbocycles. The zero-order chi connectivity index (χ0) is 27.9. The van der Waals surface area contributed by atoms with Crippen molar-refractivity contribution in [3.05, 3.63) is 81.3 Å². The number of carbonyl (C=O) groups is 3. The number of nitrogens with one attached hydrogen (secondary N) is 2. The zero-order valence-electron chi connectivity index (χ0n) is 21.8. The first-order chi connectivity index (χ1) is 18.7. The van der Waals surface area contributed by atoms with Crippen molar-refractivity contribution in [2.45, 2.75) is 26.4 Å². The van der Waals surface area contributed by atoms with Gasteiger partial charge in [0.1, 0.15) is 12.4 Å². The first kappa shape index (κ1) is 28.4. The van der Waals surface area contributed by atoms with Crippen LogP contribution in [0.3, 0.4) is 0 Å². The van der Waals surface area contributed by atoms with Crippen molar-refractivity contribution in [2.75, 3.05) is 42.9 Å². The van der Waals surface area contributed by atoms with Crippen LogP contribution in [-0.4, -0.2) is 66.4 Å². The summed E-state index contributed by atoms with van der Waals surface area (Å²) in [7, 11) is 0. The van der Waals surface area contributed by atoms with Gasteiger partial charge in [-0.1, -0.05) is 29.8 Å². The van der Waals surface area contributed by atoms with Gasteiger partial charge in [-0.2, -0.15) is 0 Å². The van der Waals surface area contributed by atoms with Gasteiger partial charge in [0, 0.05) is 44.5 Å². The van der Waals surface area contributed by atoms with Crippen LogP contribution in [0.5, 0.6) is 0 Å². The highest BCUT2D eigenvalue weighted by molar-refractivity contribution is 7.12. The lowest BCUT2D eigenvalue weighted by Gasteiger charge is -2.36. The van der Waals surface area contributed by atoms with Crippen molar-refractivity contribution in [3.63, 3.8) is 0 Å².